The van der Waals surface area contributed by atoms with E-state index in [1.54, 1.807) is 32.0 Å². The highest BCUT2D eigenvalue weighted by Gasteiger charge is 2.44. The Morgan fingerprint density at radius 3 is 2.38 bits per heavy atom. The van der Waals surface area contributed by atoms with E-state index in [-0.39, 0.29) is 16.8 Å². The summed E-state index contributed by atoms with van der Waals surface area (Å²) < 4.78 is 27.5. The van der Waals surface area contributed by atoms with Crippen molar-refractivity contribution in [3.05, 3.63) is 29.8 Å². The largest absolute Gasteiger partial charge is 0.335 e. The van der Waals surface area contributed by atoms with Crippen molar-refractivity contribution in [2.45, 2.75) is 62.9 Å². The Bertz CT molecular complexity index is 791. The van der Waals surface area contributed by atoms with E-state index < -0.39 is 10.0 Å². The number of hydrogen-bond donors (Lipinski definition) is 1. The molecule has 5 rings (SSSR count). The summed E-state index contributed by atoms with van der Waals surface area (Å²) in [5.74, 6) is 2.16. The molecule has 2 aliphatic carbocycles. The predicted octanol–water partition coefficient (Wildman–Crippen LogP) is 3.02. The number of sulfonamides is 1. The Kier molecular flexibility index (Phi) is 4.59. The van der Waals surface area contributed by atoms with Crippen LogP contribution in [0.2, 0.25) is 0 Å². The van der Waals surface area contributed by atoms with Gasteiger partial charge in [-0.15, -0.1) is 0 Å². The average molecular weight is 377 g/mol. The third kappa shape index (κ3) is 3.41. The van der Waals surface area contributed by atoms with E-state index in [1.807, 2.05) is 4.90 Å². The van der Waals surface area contributed by atoms with Gasteiger partial charge in [0.15, 0.2) is 0 Å². The molecule has 4 fully saturated rings. The van der Waals surface area contributed by atoms with Crippen LogP contribution in [0.1, 0.15) is 56.3 Å². The van der Waals surface area contributed by atoms with Crippen LogP contribution in [0.4, 0.5) is 0 Å². The molecule has 0 aromatic heterocycles. The van der Waals surface area contributed by atoms with Crippen LogP contribution in [-0.4, -0.2) is 37.9 Å². The number of amides is 1. The third-order valence-corrected chi connectivity index (χ3v) is 7.81. The first-order chi connectivity index (χ1) is 12.3. The van der Waals surface area contributed by atoms with E-state index in [9.17, 15) is 13.2 Å². The first kappa shape index (κ1) is 18.0. The molecule has 0 radical (unpaired) electrons. The molecule has 2 saturated heterocycles. The lowest BCUT2D eigenvalue weighted by atomic mass is 9.68. The molecular weight excluding hydrogens is 348 g/mol. The summed E-state index contributed by atoms with van der Waals surface area (Å²) in [6.07, 6.45) is 6.08. The smallest absolute Gasteiger partial charge is 0.254 e. The molecule has 2 atom stereocenters. The summed E-state index contributed by atoms with van der Waals surface area (Å²) in [6, 6.07) is 6.64. The molecule has 2 heterocycles. The SMILES string of the molecule is CC(C)NS(=O)(=O)c1cccc(C(=O)N2CC3CC4CC(C3)CC2C4)c1. The molecular formula is C20H28N2O3S. The van der Waals surface area contributed by atoms with Crippen LogP contribution < -0.4 is 4.72 Å². The van der Waals surface area contributed by atoms with Gasteiger partial charge in [-0.2, -0.15) is 0 Å². The van der Waals surface area contributed by atoms with E-state index >= 15 is 0 Å². The lowest BCUT2D eigenvalue weighted by Crippen LogP contribution is -2.42. The van der Waals surface area contributed by atoms with Gasteiger partial charge >= 0.3 is 0 Å². The van der Waals surface area contributed by atoms with Gasteiger partial charge in [0.2, 0.25) is 10.0 Å². The molecule has 142 valence electrons. The quantitative estimate of drug-likeness (QED) is 0.878. The topological polar surface area (TPSA) is 66.5 Å². The molecule has 1 aromatic rings. The maximum atomic E-state index is 13.2. The van der Waals surface area contributed by atoms with Crippen LogP contribution in [0.25, 0.3) is 0 Å². The minimum Gasteiger partial charge on any atom is -0.335 e. The highest BCUT2D eigenvalue weighted by molar-refractivity contribution is 7.89. The van der Waals surface area contributed by atoms with E-state index in [2.05, 4.69) is 4.72 Å². The Morgan fingerprint density at radius 1 is 1.08 bits per heavy atom. The number of hydrogen-bond acceptors (Lipinski definition) is 3. The number of nitrogens with zero attached hydrogens (tertiary/aromatic N) is 1. The second-order valence-electron chi connectivity index (χ2n) is 8.69. The van der Waals surface area contributed by atoms with E-state index in [0.29, 0.717) is 17.5 Å². The molecule has 4 bridgehead atoms. The van der Waals surface area contributed by atoms with Gasteiger partial charge in [0.1, 0.15) is 0 Å². The van der Waals surface area contributed by atoms with Gasteiger partial charge in [-0.05, 0) is 81.9 Å². The summed E-state index contributed by atoms with van der Waals surface area (Å²) in [5.41, 5.74) is 0.484. The number of carbonyl (C=O) groups excluding carboxylic acids is 1. The first-order valence-electron chi connectivity index (χ1n) is 9.75. The summed E-state index contributed by atoms with van der Waals surface area (Å²) in [5, 5.41) is 0. The minimum atomic E-state index is -3.59. The van der Waals surface area contributed by atoms with Crippen molar-refractivity contribution in [3.8, 4) is 0 Å². The number of nitrogens with one attached hydrogen (secondary N) is 1. The zero-order chi connectivity index (χ0) is 18.5. The molecule has 2 aliphatic heterocycles. The fourth-order valence-electron chi connectivity index (χ4n) is 5.37. The second-order valence-corrected chi connectivity index (χ2v) is 10.4. The molecule has 2 saturated carbocycles. The Hall–Kier alpha value is -1.40. The number of carbonyl (C=O) groups is 1. The van der Waals surface area contributed by atoms with Gasteiger partial charge in [0.05, 0.1) is 4.90 Å². The fraction of sp³-hybridized carbons (Fsp3) is 0.650. The summed E-state index contributed by atoms with van der Waals surface area (Å²) >= 11 is 0. The normalized spacial score (nSPS) is 30.7. The fourth-order valence-corrected chi connectivity index (χ4v) is 6.67. The summed E-state index contributed by atoms with van der Waals surface area (Å²) in [7, 11) is -3.59. The molecule has 4 aliphatic rings. The molecule has 5 nitrogen and oxygen atoms in total. The van der Waals surface area contributed by atoms with Crippen molar-refractivity contribution in [3.63, 3.8) is 0 Å². The third-order valence-electron chi connectivity index (χ3n) is 6.15. The van der Waals surface area contributed by atoms with Crippen molar-refractivity contribution >= 4 is 15.9 Å². The highest BCUT2D eigenvalue weighted by atomic mass is 32.2. The van der Waals surface area contributed by atoms with Crippen LogP contribution in [0, 0.1) is 17.8 Å². The number of fused-ring (bicyclic) bond motifs is 1. The maximum absolute atomic E-state index is 13.2. The van der Waals surface area contributed by atoms with Crippen molar-refractivity contribution in [1.29, 1.82) is 0 Å². The van der Waals surface area contributed by atoms with Crippen molar-refractivity contribution < 1.29 is 13.2 Å². The molecule has 0 spiro atoms. The Labute approximate surface area is 156 Å². The van der Waals surface area contributed by atoms with Gasteiger partial charge in [-0.25, -0.2) is 13.1 Å². The van der Waals surface area contributed by atoms with Crippen LogP contribution in [-0.2, 0) is 10.0 Å². The van der Waals surface area contributed by atoms with Crippen LogP contribution in [0.3, 0.4) is 0 Å². The molecule has 1 N–H and O–H groups in total. The molecule has 26 heavy (non-hydrogen) atoms. The van der Waals surface area contributed by atoms with Gasteiger partial charge in [0, 0.05) is 24.2 Å². The molecule has 2 unspecified atom stereocenters. The zero-order valence-electron chi connectivity index (χ0n) is 15.5. The second kappa shape index (κ2) is 6.64. The zero-order valence-corrected chi connectivity index (χ0v) is 16.3. The summed E-state index contributed by atoms with van der Waals surface area (Å²) in [6.45, 7) is 4.41. The van der Waals surface area contributed by atoms with Gasteiger partial charge in [0.25, 0.3) is 5.91 Å². The molecule has 1 amide bonds. The first-order valence-corrected chi connectivity index (χ1v) is 11.2. The Morgan fingerprint density at radius 2 is 1.73 bits per heavy atom. The van der Waals surface area contributed by atoms with Crippen molar-refractivity contribution in [2.24, 2.45) is 17.8 Å². The van der Waals surface area contributed by atoms with Gasteiger partial charge < -0.3 is 4.90 Å². The lowest BCUT2D eigenvalue weighted by molar-refractivity contribution is 0.0632. The van der Waals surface area contributed by atoms with Crippen LogP contribution in [0.5, 0.6) is 0 Å². The standard InChI is InChI=1S/C20H28N2O3S/c1-13(2)21-26(24,25)19-5-3-4-17(11-19)20(23)22-12-16-7-14-6-15(8-16)10-18(22)9-14/h3-5,11,13-16,18,21H,6-10,12H2,1-2H3. The predicted molar refractivity (Wildman–Crippen MR) is 100 cm³/mol. The molecule has 6 heteroatoms. The van der Waals surface area contributed by atoms with E-state index in [0.717, 1.165) is 31.2 Å². The number of rotatable bonds is 4. The number of benzene rings is 1. The van der Waals surface area contributed by atoms with Crippen molar-refractivity contribution in [2.75, 3.05) is 6.54 Å². The average Bonchev–Trinajstić information content (AvgIpc) is 2.77. The Balaban J connectivity index is 1.60. The molecule has 1 aromatic carbocycles. The van der Waals surface area contributed by atoms with E-state index in [1.165, 1.54) is 25.3 Å². The van der Waals surface area contributed by atoms with E-state index in [4.69, 9.17) is 0 Å². The van der Waals surface area contributed by atoms with Crippen LogP contribution in [0.15, 0.2) is 29.2 Å². The van der Waals surface area contributed by atoms with Crippen molar-refractivity contribution in [1.82, 2.24) is 9.62 Å². The van der Waals surface area contributed by atoms with Crippen LogP contribution >= 0.6 is 0 Å². The van der Waals surface area contributed by atoms with Gasteiger partial charge in [-0.1, -0.05) is 6.07 Å². The lowest BCUT2D eigenvalue weighted by Gasteiger charge is -2.39. The maximum Gasteiger partial charge on any atom is 0.254 e. The highest BCUT2D eigenvalue weighted by Crippen LogP contribution is 2.47. The minimum absolute atomic E-state index is 0.00945. The monoisotopic (exact) mass is 376 g/mol. The summed E-state index contributed by atoms with van der Waals surface area (Å²) in [4.78, 5) is 15.4. The van der Waals surface area contributed by atoms with Gasteiger partial charge in [-0.3, -0.25) is 4.79 Å².